The van der Waals surface area contributed by atoms with Gasteiger partial charge < -0.3 is 0 Å². The molecule has 0 aliphatic rings. The number of benzene rings is 1. The van der Waals surface area contributed by atoms with Crippen LogP contribution >= 0.6 is 11.3 Å². The quantitative estimate of drug-likeness (QED) is 0.723. The summed E-state index contributed by atoms with van der Waals surface area (Å²) in [6.45, 7) is 8.15. The summed E-state index contributed by atoms with van der Waals surface area (Å²) >= 11 is 1.58. The molecule has 0 aliphatic heterocycles. The highest BCUT2D eigenvalue weighted by Gasteiger charge is 2.15. The van der Waals surface area contributed by atoms with E-state index in [0.717, 1.165) is 16.0 Å². The zero-order valence-corrected chi connectivity index (χ0v) is 11.4. The SMILES string of the molecule is Cc1cc(C(=O)c2cccc(C)c2C)sc1C. The van der Waals surface area contributed by atoms with E-state index in [9.17, 15) is 4.79 Å². The van der Waals surface area contributed by atoms with Crippen LogP contribution < -0.4 is 0 Å². The average molecular weight is 244 g/mol. The van der Waals surface area contributed by atoms with E-state index in [1.54, 1.807) is 11.3 Å². The van der Waals surface area contributed by atoms with Crippen LogP contribution in [0.25, 0.3) is 0 Å². The van der Waals surface area contributed by atoms with Crippen LogP contribution in [0.3, 0.4) is 0 Å². The Balaban J connectivity index is 2.47. The number of hydrogen-bond acceptors (Lipinski definition) is 2. The molecule has 1 heterocycles. The zero-order valence-electron chi connectivity index (χ0n) is 10.6. The van der Waals surface area contributed by atoms with E-state index in [-0.39, 0.29) is 5.78 Å². The highest BCUT2D eigenvalue weighted by molar-refractivity contribution is 7.14. The van der Waals surface area contributed by atoms with Crippen LogP contribution in [-0.2, 0) is 0 Å². The maximum Gasteiger partial charge on any atom is 0.203 e. The second-order valence-electron chi connectivity index (χ2n) is 4.43. The highest BCUT2D eigenvalue weighted by Crippen LogP contribution is 2.25. The molecular formula is C15H16OS. The van der Waals surface area contributed by atoms with Gasteiger partial charge in [-0.25, -0.2) is 0 Å². The Morgan fingerprint density at radius 3 is 2.35 bits per heavy atom. The van der Waals surface area contributed by atoms with E-state index in [1.807, 2.05) is 45.0 Å². The van der Waals surface area contributed by atoms with E-state index in [1.165, 1.54) is 16.0 Å². The molecule has 1 nitrogen and oxygen atoms in total. The molecule has 0 amide bonds. The third-order valence-corrected chi connectivity index (χ3v) is 4.39. The molecule has 0 N–H and O–H groups in total. The van der Waals surface area contributed by atoms with Gasteiger partial charge in [-0.1, -0.05) is 18.2 Å². The minimum Gasteiger partial charge on any atom is -0.288 e. The van der Waals surface area contributed by atoms with Crippen molar-refractivity contribution in [1.29, 1.82) is 0 Å². The third kappa shape index (κ3) is 2.18. The molecule has 0 unspecified atom stereocenters. The molecule has 0 saturated heterocycles. The number of carbonyl (C=O) groups is 1. The summed E-state index contributed by atoms with van der Waals surface area (Å²) in [6.07, 6.45) is 0. The Labute approximate surface area is 106 Å². The molecule has 2 rings (SSSR count). The monoisotopic (exact) mass is 244 g/mol. The van der Waals surface area contributed by atoms with Crippen LogP contribution in [0, 0.1) is 27.7 Å². The predicted molar refractivity (Wildman–Crippen MR) is 73.1 cm³/mol. The minimum absolute atomic E-state index is 0.146. The van der Waals surface area contributed by atoms with Crippen molar-refractivity contribution in [2.45, 2.75) is 27.7 Å². The fourth-order valence-electron chi connectivity index (χ4n) is 1.81. The summed E-state index contributed by atoms with van der Waals surface area (Å²) in [7, 11) is 0. The molecule has 0 fully saturated rings. The Morgan fingerprint density at radius 1 is 1.06 bits per heavy atom. The summed E-state index contributed by atoms with van der Waals surface area (Å²) in [5.74, 6) is 0.146. The van der Waals surface area contributed by atoms with Gasteiger partial charge in [-0.3, -0.25) is 4.79 Å². The first kappa shape index (κ1) is 12.1. The van der Waals surface area contributed by atoms with Gasteiger partial charge in [0.15, 0.2) is 0 Å². The van der Waals surface area contributed by atoms with Crippen LogP contribution in [0.2, 0.25) is 0 Å². The first-order chi connectivity index (χ1) is 8.00. The Morgan fingerprint density at radius 2 is 1.76 bits per heavy atom. The Hall–Kier alpha value is -1.41. The van der Waals surface area contributed by atoms with Gasteiger partial charge in [-0.2, -0.15) is 0 Å². The van der Waals surface area contributed by atoms with Gasteiger partial charge in [-0.15, -0.1) is 11.3 Å². The molecule has 88 valence electrons. The van der Waals surface area contributed by atoms with Gasteiger partial charge in [0.2, 0.25) is 5.78 Å². The number of aryl methyl sites for hydroxylation is 3. The predicted octanol–water partition coefficient (Wildman–Crippen LogP) is 4.21. The molecular weight excluding hydrogens is 228 g/mol. The highest BCUT2D eigenvalue weighted by atomic mass is 32.1. The van der Waals surface area contributed by atoms with Crippen molar-refractivity contribution in [2.24, 2.45) is 0 Å². The summed E-state index contributed by atoms with van der Waals surface area (Å²) in [5, 5.41) is 0. The van der Waals surface area contributed by atoms with Crippen molar-refractivity contribution in [3.63, 3.8) is 0 Å². The molecule has 0 spiro atoms. The van der Waals surface area contributed by atoms with Crippen LogP contribution in [0.5, 0.6) is 0 Å². The van der Waals surface area contributed by atoms with E-state index >= 15 is 0 Å². The second kappa shape index (κ2) is 4.46. The molecule has 2 heteroatoms. The summed E-state index contributed by atoms with van der Waals surface area (Å²) in [6, 6.07) is 7.89. The molecule has 0 radical (unpaired) electrons. The Kier molecular flexibility index (Phi) is 3.16. The topological polar surface area (TPSA) is 17.1 Å². The second-order valence-corrected chi connectivity index (χ2v) is 5.68. The average Bonchev–Trinajstić information content (AvgIpc) is 2.62. The first-order valence-electron chi connectivity index (χ1n) is 5.68. The van der Waals surface area contributed by atoms with E-state index in [4.69, 9.17) is 0 Å². The lowest BCUT2D eigenvalue weighted by molar-refractivity contribution is 0.104. The van der Waals surface area contributed by atoms with E-state index in [0.29, 0.717) is 0 Å². The largest absolute Gasteiger partial charge is 0.288 e. The molecule has 1 aromatic heterocycles. The summed E-state index contributed by atoms with van der Waals surface area (Å²) < 4.78 is 0. The van der Waals surface area contributed by atoms with Gasteiger partial charge >= 0.3 is 0 Å². The van der Waals surface area contributed by atoms with Crippen molar-refractivity contribution in [1.82, 2.24) is 0 Å². The van der Waals surface area contributed by atoms with Gasteiger partial charge in [-0.05, 0) is 50.5 Å². The summed E-state index contributed by atoms with van der Waals surface area (Å²) in [4.78, 5) is 14.5. The lowest BCUT2D eigenvalue weighted by atomic mass is 9.99. The zero-order chi connectivity index (χ0) is 12.6. The first-order valence-corrected chi connectivity index (χ1v) is 6.50. The molecule has 0 bridgehead atoms. The fraction of sp³-hybridized carbons (Fsp3) is 0.267. The van der Waals surface area contributed by atoms with Crippen LogP contribution in [0.1, 0.15) is 36.8 Å². The number of thiophene rings is 1. The van der Waals surface area contributed by atoms with Crippen molar-refractivity contribution in [3.8, 4) is 0 Å². The fourth-order valence-corrected chi connectivity index (χ4v) is 2.80. The van der Waals surface area contributed by atoms with E-state index < -0.39 is 0 Å². The molecule has 2 aromatic rings. The summed E-state index contributed by atoms with van der Waals surface area (Å²) in [5.41, 5.74) is 4.27. The van der Waals surface area contributed by atoms with Crippen LogP contribution in [0.15, 0.2) is 24.3 Å². The molecule has 1 aromatic carbocycles. The number of hydrogen-bond donors (Lipinski definition) is 0. The number of ketones is 1. The maximum absolute atomic E-state index is 12.4. The Bertz CT molecular complexity index is 559. The molecule has 0 aliphatic carbocycles. The van der Waals surface area contributed by atoms with Gasteiger partial charge in [0.05, 0.1) is 4.88 Å². The standard InChI is InChI=1S/C15H16OS/c1-9-6-5-7-13(11(9)3)15(16)14-8-10(2)12(4)17-14/h5-8H,1-4H3. The normalized spacial score (nSPS) is 10.6. The molecule has 0 atom stereocenters. The lowest BCUT2D eigenvalue weighted by Gasteiger charge is -2.05. The van der Waals surface area contributed by atoms with Crippen molar-refractivity contribution >= 4 is 17.1 Å². The van der Waals surface area contributed by atoms with E-state index in [2.05, 4.69) is 6.92 Å². The smallest absolute Gasteiger partial charge is 0.203 e. The molecule has 17 heavy (non-hydrogen) atoms. The number of rotatable bonds is 2. The number of carbonyl (C=O) groups excluding carboxylic acids is 1. The van der Waals surface area contributed by atoms with Crippen molar-refractivity contribution in [3.05, 3.63) is 56.3 Å². The van der Waals surface area contributed by atoms with Crippen molar-refractivity contribution < 1.29 is 4.79 Å². The minimum atomic E-state index is 0.146. The van der Waals surface area contributed by atoms with Crippen molar-refractivity contribution in [2.75, 3.05) is 0 Å². The van der Waals surface area contributed by atoms with Crippen LogP contribution in [0.4, 0.5) is 0 Å². The van der Waals surface area contributed by atoms with Crippen LogP contribution in [-0.4, -0.2) is 5.78 Å². The van der Waals surface area contributed by atoms with Gasteiger partial charge in [0.25, 0.3) is 0 Å². The van der Waals surface area contributed by atoms with Gasteiger partial charge in [0.1, 0.15) is 0 Å². The van der Waals surface area contributed by atoms with Gasteiger partial charge in [0, 0.05) is 10.4 Å². The lowest BCUT2D eigenvalue weighted by Crippen LogP contribution is -2.02. The molecule has 0 saturated carbocycles. The third-order valence-electron chi connectivity index (χ3n) is 3.24. The maximum atomic E-state index is 12.4.